The Hall–Kier alpha value is -1.72. The van der Waals surface area contributed by atoms with E-state index >= 15 is 0 Å². The van der Waals surface area contributed by atoms with Crippen LogP contribution in [-0.2, 0) is 19.1 Å². The summed E-state index contributed by atoms with van der Waals surface area (Å²) in [6.07, 6.45) is 8.94. The predicted octanol–water partition coefficient (Wildman–Crippen LogP) is 2.35. The van der Waals surface area contributed by atoms with Crippen molar-refractivity contribution in [2.24, 2.45) is 5.92 Å². The molecule has 5 heteroatoms. The molecule has 0 aromatic rings. The number of rotatable bonds is 2. The summed E-state index contributed by atoms with van der Waals surface area (Å²) in [7, 11) is 1.50. The van der Waals surface area contributed by atoms with Crippen molar-refractivity contribution in [2.75, 3.05) is 7.11 Å². The molecule has 1 aliphatic rings. The average Bonchev–Trinajstić information content (AvgIpc) is 2.50. The lowest BCUT2D eigenvalue weighted by Crippen LogP contribution is -2.23. The predicted molar refractivity (Wildman–Crippen MR) is 87.8 cm³/mol. The molecule has 0 radical (unpaired) electrons. The Morgan fingerprint density at radius 1 is 1.39 bits per heavy atom. The third kappa shape index (κ3) is 6.50. The Morgan fingerprint density at radius 2 is 2.09 bits per heavy atom. The molecule has 1 aliphatic heterocycles. The number of ether oxygens (including phenoxy) is 2. The molecule has 5 nitrogen and oxygen atoms in total. The second-order valence-corrected chi connectivity index (χ2v) is 6.09. The normalized spacial score (nSPS) is 38.6. The molecule has 1 heterocycles. The minimum Gasteiger partial charge on any atom is -0.459 e. The van der Waals surface area contributed by atoms with Crippen LogP contribution in [-0.4, -0.2) is 42.3 Å². The first-order valence-electron chi connectivity index (χ1n) is 7.78. The van der Waals surface area contributed by atoms with Crippen molar-refractivity contribution >= 4 is 12.3 Å². The quantitative estimate of drug-likeness (QED) is 0.480. The van der Waals surface area contributed by atoms with Crippen LogP contribution in [0.15, 0.2) is 36.0 Å². The molecule has 0 aromatic carbocycles. The Labute approximate surface area is 137 Å². The van der Waals surface area contributed by atoms with E-state index in [0.29, 0.717) is 12.0 Å². The van der Waals surface area contributed by atoms with Gasteiger partial charge in [-0.05, 0) is 38.7 Å². The van der Waals surface area contributed by atoms with Gasteiger partial charge in [-0.15, -0.1) is 0 Å². The van der Waals surface area contributed by atoms with Crippen molar-refractivity contribution in [1.82, 2.24) is 0 Å². The molecule has 0 saturated carbocycles. The number of carbonyl (C=O) groups excluding carboxylic acids is 2. The highest BCUT2D eigenvalue weighted by molar-refractivity contribution is 5.82. The van der Waals surface area contributed by atoms with E-state index in [4.69, 9.17) is 9.47 Å². The molecule has 0 amide bonds. The van der Waals surface area contributed by atoms with Gasteiger partial charge in [-0.1, -0.05) is 25.2 Å². The highest BCUT2D eigenvalue weighted by atomic mass is 16.5. The molecule has 128 valence electrons. The molecule has 0 spiro atoms. The molecule has 0 fully saturated rings. The standard InChI is InChI=1S/C18H26O5/c1-13-6-5-7-15(12-19)16(22-4)8-10-18(3,21)11-9-17(20)23-14(13)2/h7-14,16,21H,5-6H2,1-4H3/b10-8+,11-9+,15-7+/t13-,14+,16-,18+/m0/s1. The molecule has 0 aliphatic carbocycles. The maximum absolute atomic E-state index is 11.8. The van der Waals surface area contributed by atoms with E-state index < -0.39 is 17.7 Å². The number of hydrogen-bond donors (Lipinski definition) is 1. The van der Waals surface area contributed by atoms with Crippen LogP contribution in [0.25, 0.3) is 0 Å². The maximum atomic E-state index is 11.8. The molecule has 1 rings (SSSR count). The maximum Gasteiger partial charge on any atom is 0.330 e. The van der Waals surface area contributed by atoms with Gasteiger partial charge in [0.05, 0.1) is 5.60 Å². The second kappa shape index (κ2) is 8.79. The fraction of sp³-hybridized carbons (Fsp3) is 0.556. The summed E-state index contributed by atoms with van der Waals surface area (Å²) in [5.41, 5.74) is -0.833. The largest absolute Gasteiger partial charge is 0.459 e. The van der Waals surface area contributed by atoms with Crippen LogP contribution in [0, 0.1) is 5.92 Å². The van der Waals surface area contributed by atoms with Crippen molar-refractivity contribution in [3.63, 3.8) is 0 Å². The van der Waals surface area contributed by atoms with E-state index in [0.717, 1.165) is 12.7 Å². The van der Waals surface area contributed by atoms with Crippen molar-refractivity contribution < 1.29 is 24.2 Å². The third-order valence-electron chi connectivity index (χ3n) is 3.99. The number of esters is 1. The lowest BCUT2D eigenvalue weighted by atomic mass is 9.97. The molecular weight excluding hydrogens is 296 g/mol. The van der Waals surface area contributed by atoms with Crippen LogP contribution in [0.3, 0.4) is 0 Å². The minimum atomic E-state index is -1.34. The van der Waals surface area contributed by atoms with Crippen LogP contribution in [0.5, 0.6) is 0 Å². The highest BCUT2D eigenvalue weighted by Crippen LogP contribution is 2.18. The molecule has 0 aromatic heterocycles. The fourth-order valence-corrected chi connectivity index (χ4v) is 2.22. The van der Waals surface area contributed by atoms with E-state index in [2.05, 4.69) is 0 Å². The monoisotopic (exact) mass is 322 g/mol. The first-order chi connectivity index (χ1) is 10.8. The van der Waals surface area contributed by atoms with Gasteiger partial charge in [0.2, 0.25) is 0 Å². The van der Waals surface area contributed by atoms with Gasteiger partial charge >= 0.3 is 5.97 Å². The van der Waals surface area contributed by atoms with Crippen LogP contribution in [0.2, 0.25) is 0 Å². The fourth-order valence-electron chi connectivity index (χ4n) is 2.22. The Kier molecular flexibility index (Phi) is 7.39. The number of methoxy groups -OCH3 is 1. The number of allylic oxidation sites excluding steroid dienone is 1. The summed E-state index contributed by atoms with van der Waals surface area (Å²) in [5, 5.41) is 10.2. The zero-order valence-corrected chi connectivity index (χ0v) is 14.2. The lowest BCUT2D eigenvalue weighted by molar-refractivity contribution is -0.144. The van der Waals surface area contributed by atoms with E-state index in [-0.39, 0.29) is 12.0 Å². The summed E-state index contributed by atoms with van der Waals surface area (Å²) in [4.78, 5) is 23.1. The Balaban J connectivity index is 3.12. The van der Waals surface area contributed by atoms with E-state index in [1.165, 1.54) is 32.3 Å². The van der Waals surface area contributed by atoms with Crippen molar-refractivity contribution in [2.45, 2.75) is 51.4 Å². The molecule has 0 saturated heterocycles. The Morgan fingerprint density at radius 3 is 2.70 bits per heavy atom. The van der Waals surface area contributed by atoms with E-state index in [1.54, 1.807) is 6.08 Å². The number of hydrogen-bond acceptors (Lipinski definition) is 5. The molecule has 23 heavy (non-hydrogen) atoms. The van der Waals surface area contributed by atoms with Crippen molar-refractivity contribution in [1.29, 1.82) is 0 Å². The van der Waals surface area contributed by atoms with E-state index in [1.807, 2.05) is 19.9 Å². The smallest absolute Gasteiger partial charge is 0.330 e. The van der Waals surface area contributed by atoms with Gasteiger partial charge in [0.1, 0.15) is 18.5 Å². The SMILES string of the molecule is CO[C@H]1/C=C/[C@@](C)(O)/C=C/C(=O)O[C@H](C)[C@@H](C)CC/C=C/1C=O. The average molecular weight is 322 g/mol. The molecule has 0 bridgehead atoms. The second-order valence-electron chi connectivity index (χ2n) is 6.09. The first-order valence-corrected chi connectivity index (χ1v) is 7.78. The van der Waals surface area contributed by atoms with Gasteiger partial charge in [0, 0.05) is 18.8 Å². The number of aldehydes is 1. The van der Waals surface area contributed by atoms with Gasteiger partial charge in [0.25, 0.3) is 0 Å². The summed E-state index contributed by atoms with van der Waals surface area (Å²) in [6, 6.07) is 0. The first kappa shape index (κ1) is 19.3. The molecule has 1 N–H and O–H groups in total. The summed E-state index contributed by atoms with van der Waals surface area (Å²) < 4.78 is 10.6. The molecule has 0 unspecified atom stereocenters. The number of aliphatic hydroxyl groups is 1. The number of cyclic esters (lactones) is 1. The highest BCUT2D eigenvalue weighted by Gasteiger charge is 2.19. The zero-order valence-electron chi connectivity index (χ0n) is 14.2. The lowest BCUT2D eigenvalue weighted by Gasteiger charge is -2.21. The topological polar surface area (TPSA) is 72.8 Å². The summed E-state index contributed by atoms with van der Waals surface area (Å²) in [5.74, 6) is -0.334. The zero-order chi connectivity index (χ0) is 17.5. The van der Waals surface area contributed by atoms with Gasteiger partial charge in [-0.3, -0.25) is 4.79 Å². The van der Waals surface area contributed by atoms with E-state index in [9.17, 15) is 14.7 Å². The summed E-state index contributed by atoms with van der Waals surface area (Å²) in [6.45, 7) is 5.36. The number of carbonyl (C=O) groups is 2. The van der Waals surface area contributed by atoms with Crippen LogP contribution in [0.4, 0.5) is 0 Å². The van der Waals surface area contributed by atoms with Crippen molar-refractivity contribution in [3.05, 3.63) is 36.0 Å². The van der Waals surface area contributed by atoms with Crippen LogP contribution < -0.4 is 0 Å². The van der Waals surface area contributed by atoms with Gasteiger partial charge in [-0.25, -0.2) is 4.79 Å². The Bertz CT molecular complexity index is 502. The summed E-state index contributed by atoms with van der Waals surface area (Å²) >= 11 is 0. The van der Waals surface area contributed by atoms with Crippen LogP contribution >= 0.6 is 0 Å². The minimum absolute atomic E-state index is 0.150. The van der Waals surface area contributed by atoms with Gasteiger partial charge in [0.15, 0.2) is 0 Å². The van der Waals surface area contributed by atoms with Gasteiger partial charge in [-0.2, -0.15) is 0 Å². The van der Waals surface area contributed by atoms with Crippen LogP contribution in [0.1, 0.15) is 33.6 Å². The third-order valence-corrected chi connectivity index (χ3v) is 3.99. The molecular formula is C18H26O5. The molecule has 4 atom stereocenters. The van der Waals surface area contributed by atoms with Crippen molar-refractivity contribution in [3.8, 4) is 0 Å². The van der Waals surface area contributed by atoms with Gasteiger partial charge < -0.3 is 14.6 Å².